The second-order valence-electron chi connectivity index (χ2n) is 6.75. The van der Waals surface area contributed by atoms with Crippen molar-refractivity contribution in [2.45, 2.75) is 31.5 Å². The molecule has 1 aromatic rings. The first-order valence-corrected chi connectivity index (χ1v) is 8.31. The standard InChI is InChI=1S/C19H24N2O/c1-20(2)10-5-11-21-16-7-4-3-6-14(16)8-9-15-12-18-19(22-18)13-17(15)21/h3-4,6-7,12-13,18-19H,5,8-11H2,1-2H3. The summed E-state index contributed by atoms with van der Waals surface area (Å²) in [6.45, 7) is 2.18. The minimum Gasteiger partial charge on any atom is -0.361 e. The first-order chi connectivity index (χ1) is 10.7. The van der Waals surface area contributed by atoms with E-state index >= 15 is 0 Å². The van der Waals surface area contributed by atoms with Gasteiger partial charge < -0.3 is 14.5 Å². The Bertz CT molecular complexity index is 632. The summed E-state index contributed by atoms with van der Waals surface area (Å²) in [6, 6.07) is 8.88. The molecule has 3 nitrogen and oxygen atoms in total. The van der Waals surface area contributed by atoms with E-state index in [1.165, 1.54) is 28.9 Å². The fraction of sp³-hybridized carbons (Fsp3) is 0.474. The topological polar surface area (TPSA) is 19.0 Å². The largest absolute Gasteiger partial charge is 0.361 e. The molecule has 2 aliphatic heterocycles. The molecular formula is C19H24N2O. The lowest BCUT2D eigenvalue weighted by Crippen LogP contribution is -2.28. The predicted molar refractivity (Wildman–Crippen MR) is 90.1 cm³/mol. The van der Waals surface area contributed by atoms with Gasteiger partial charge in [-0.05, 0) is 69.3 Å². The van der Waals surface area contributed by atoms with Gasteiger partial charge in [-0.3, -0.25) is 0 Å². The lowest BCUT2D eigenvalue weighted by atomic mass is 9.98. The number of nitrogens with zero attached hydrogens (tertiary/aromatic N) is 2. The number of hydrogen-bond acceptors (Lipinski definition) is 3. The van der Waals surface area contributed by atoms with Gasteiger partial charge in [-0.25, -0.2) is 0 Å². The number of ether oxygens (including phenoxy) is 1. The molecule has 2 atom stereocenters. The average molecular weight is 296 g/mol. The van der Waals surface area contributed by atoms with Crippen LogP contribution < -0.4 is 4.90 Å². The number of benzene rings is 1. The minimum atomic E-state index is 0.320. The number of hydrogen-bond donors (Lipinski definition) is 0. The van der Waals surface area contributed by atoms with Crippen LogP contribution in [-0.2, 0) is 11.2 Å². The van der Waals surface area contributed by atoms with Gasteiger partial charge in [-0.2, -0.15) is 0 Å². The van der Waals surface area contributed by atoms with Crippen LogP contribution in [0.4, 0.5) is 5.69 Å². The Labute approximate surface area is 132 Å². The van der Waals surface area contributed by atoms with Crippen molar-refractivity contribution < 1.29 is 4.74 Å². The summed E-state index contributed by atoms with van der Waals surface area (Å²) in [7, 11) is 4.29. The van der Waals surface area contributed by atoms with Crippen LogP contribution >= 0.6 is 0 Å². The summed E-state index contributed by atoms with van der Waals surface area (Å²) in [5.41, 5.74) is 5.72. The Kier molecular flexibility index (Phi) is 3.55. The van der Waals surface area contributed by atoms with Crippen LogP contribution in [-0.4, -0.2) is 44.3 Å². The van der Waals surface area contributed by atoms with Gasteiger partial charge in [0.1, 0.15) is 12.2 Å². The third-order valence-electron chi connectivity index (χ3n) is 4.80. The quantitative estimate of drug-likeness (QED) is 0.796. The van der Waals surface area contributed by atoms with Crippen molar-refractivity contribution in [3.63, 3.8) is 0 Å². The molecule has 0 saturated carbocycles. The van der Waals surface area contributed by atoms with Crippen LogP contribution in [0.3, 0.4) is 0 Å². The Morgan fingerprint density at radius 2 is 1.95 bits per heavy atom. The highest BCUT2D eigenvalue weighted by molar-refractivity contribution is 5.65. The van der Waals surface area contributed by atoms with Crippen LogP contribution in [0.1, 0.15) is 18.4 Å². The van der Waals surface area contributed by atoms with Gasteiger partial charge in [-0.15, -0.1) is 0 Å². The summed E-state index contributed by atoms with van der Waals surface area (Å²) in [5.74, 6) is 0. The maximum atomic E-state index is 5.70. The highest BCUT2D eigenvalue weighted by Crippen LogP contribution is 2.41. The van der Waals surface area contributed by atoms with Crippen molar-refractivity contribution in [2.75, 3.05) is 32.1 Å². The molecule has 116 valence electrons. The van der Waals surface area contributed by atoms with Gasteiger partial charge in [0.15, 0.2) is 0 Å². The van der Waals surface area contributed by atoms with E-state index in [-0.39, 0.29) is 0 Å². The number of para-hydroxylation sites is 1. The summed E-state index contributed by atoms with van der Waals surface area (Å²) in [4.78, 5) is 4.78. The van der Waals surface area contributed by atoms with Crippen LogP contribution in [0.2, 0.25) is 0 Å². The SMILES string of the molecule is CN(C)CCCN1C2=CC3OC3C=C2CCc2ccccc21. The van der Waals surface area contributed by atoms with Gasteiger partial charge in [0.2, 0.25) is 0 Å². The van der Waals surface area contributed by atoms with E-state index in [0.717, 1.165) is 25.9 Å². The van der Waals surface area contributed by atoms with E-state index in [9.17, 15) is 0 Å². The van der Waals surface area contributed by atoms with E-state index in [0.29, 0.717) is 12.2 Å². The zero-order valence-corrected chi connectivity index (χ0v) is 13.5. The number of anilines is 1. The van der Waals surface area contributed by atoms with Crippen LogP contribution in [0.5, 0.6) is 0 Å². The van der Waals surface area contributed by atoms with Crippen molar-refractivity contribution >= 4 is 5.69 Å². The van der Waals surface area contributed by atoms with Gasteiger partial charge in [-0.1, -0.05) is 18.2 Å². The molecule has 1 aliphatic carbocycles. The van der Waals surface area contributed by atoms with Crippen molar-refractivity contribution in [1.29, 1.82) is 0 Å². The third-order valence-corrected chi connectivity index (χ3v) is 4.80. The molecule has 1 aromatic carbocycles. The molecule has 0 aromatic heterocycles. The van der Waals surface area contributed by atoms with E-state index in [2.05, 4.69) is 60.3 Å². The fourth-order valence-corrected chi connectivity index (χ4v) is 3.60. The van der Waals surface area contributed by atoms with Crippen LogP contribution in [0.25, 0.3) is 0 Å². The fourth-order valence-electron chi connectivity index (χ4n) is 3.60. The van der Waals surface area contributed by atoms with Gasteiger partial charge in [0, 0.05) is 17.9 Å². The average Bonchev–Trinajstić information content (AvgIpc) is 3.28. The molecule has 22 heavy (non-hydrogen) atoms. The molecule has 3 heteroatoms. The molecular weight excluding hydrogens is 272 g/mol. The van der Waals surface area contributed by atoms with Gasteiger partial charge in [0.25, 0.3) is 0 Å². The molecule has 4 rings (SSSR count). The molecule has 0 N–H and O–H groups in total. The number of fused-ring (bicyclic) bond motifs is 3. The molecule has 0 radical (unpaired) electrons. The van der Waals surface area contributed by atoms with E-state index < -0.39 is 0 Å². The Balaban J connectivity index is 1.67. The van der Waals surface area contributed by atoms with Gasteiger partial charge in [0.05, 0.1) is 0 Å². The van der Waals surface area contributed by atoms with Crippen LogP contribution in [0.15, 0.2) is 47.7 Å². The normalized spacial score (nSPS) is 25.7. The van der Waals surface area contributed by atoms with Crippen molar-refractivity contribution in [2.24, 2.45) is 0 Å². The Hall–Kier alpha value is -1.58. The summed E-state index contributed by atoms with van der Waals surface area (Å²) in [6.07, 6.45) is 8.79. The number of allylic oxidation sites excluding steroid dienone is 1. The predicted octanol–water partition coefficient (Wildman–Crippen LogP) is 2.98. The monoisotopic (exact) mass is 296 g/mol. The maximum absolute atomic E-state index is 5.70. The molecule has 0 amide bonds. The van der Waals surface area contributed by atoms with Crippen molar-refractivity contribution in [1.82, 2.24) is 4.90 Å². The van der Waals surface area contributed by atoms with E-state index in [4.69, 9.17) is 4.74 Å². The Morgan fingerprint density at radius 3 is 2.82 bits per heavy atom. The molecule has 3 aliphatic rings. The maximum Gasteiger partial charge on any atom is 0.109 e. The zero-order valence-electron chi connectivity index (χ0n) is 13.5. The first-order valence-electron chi connectivity index (χ1n) is 8.31. The van der Waals surface area contributed by atoms with Crippen molar-refractivity contribution in [3.8, 4) is 0 Å². The van der Waals surface area contributed by atoms with Crippen LogP contribution in [0, 0.1) is 0 Å². The molecule has 1 saturated heterocycles. The molecule has 0 spiro atoms. The smallest absolute Gasteiger partial charge is 0.109 e. The highest BCUT2D eigenvalue weighted by Gasteiger charge is 2.40. The first kappa shape index (κ1) is 14.0. The lowest BCUT2D eigenvalue weighted by molar-refractivity contribution is 0.402. The zero-order chi connectivity index (χ0) is 15.1. The summed E-state index contributed by atoms with van der Waals surface area (Å²) >= 11 is 0. The second-order valence-corrected chi connectivity index (χ2v) is 6.75. The number of aryl methyl sites for hydroxylation is 1. The highest BCUT2D eigenvalue weighted by atomic mass is 16.6. The minimum absolute atomic E-state index is 0.320. The molecule has 0 bridgehead atoms. The molecule has 2 heterocycles. The third kappa shape index (κ3) is 2.59. The Morgan fingerprint density at radius 1 is 1.14 bits per heavy atom. The molecule has 1 fully saturated rings. The second kappa shape index (κ2) is 5.56. The van der Waals surface area contributed by atoms with E-state index in [1.54, 1.807) is 0 Å². The van der Waals surface area contributed by atoms with E-state index in [1.807, 2.05) is 0 Å². The molecule has 2 unspecified atom stereocenters. The number of rotatable bonds is 4. The summed E-state index contributed by atoms with van der Waals surface area (Å²) in [5, 5.41) is 0. The number of epoxide rings is 1. The summed E-state index contributed by atoms with van der Waals surface area (Å²) < 4.78 is 5.70. The van der Waals surface area contributed by atoms with Gasteiger partial charge >= 0.3 is 0 Å². The lowest BCUT2D eigenvalue weighted by Gasteiger charge is -2.29. The van der Waals surface area contributed by atoms with Crippen molar-refractivity contribution in [3.05, 3.63) is 53.3 Å².